The van der Waals surface area contributed by atoms with Gasteiger partial charge in [-0.3, -0.25) is 14.5 Å². The van der Waals surface area contributed by atoms with E-state index in [1.807, 2.05) is 17.9 Å². The molecule has 6 nitrogen and oxygen atoms in total. The van der Waals surface area contributed by atoms with E-state index in [9.17, 15) is 9.59 Å². The summed E-state index contributed by atoms with van der Waals surface area (Å²) < 4.78 is 0. The third-order valence-corrected chi connectivity index (χ3v) is 5.41. The Hall–Kier alpha value is -1.47. The third-order valence-electron chi connectivity index (χ3n) is 4.93. The van der Waals surface area contributed by atoms with Crippen molar-refractivity contribution in [3.05, 3.63) is 11.6 Å². The summed E-state index contributed by atoms with van der Waals surface area (Å²) in [6.45, 7) is 7.22. The highest BCUT2D eigenvalue weighted by atomic mass is 32.1. The zero-order chi connectivity index (χ0) is 18.4. The lowest BCUT2D eigenvalue weighted by Crippen LogP contribution is -2.62. The molecule has 0 radical (unpaired) electrons. The van der Waals surface area contributed by atoms with Crippen LogP contribution in [0.3, 0.4) is 0 Å². The average Bonchev–Trinajstić information content (AvgIpc) is 3.12. The summed E-state index contributed by atoms with van der Waals surface area (Å²) in [5, 5.41) is 3.69. The van der Waals surface area contributed by atoms with Crippen molar-refractivity contribution in [2.45, 2.75) is 45.6 Å². The summed E-state index contributed by atoms with van der Waals surface area (Å²) >= 11 is 5.59. The van der Waals surface area contributed by atoms with Crippen LogP contribution in [-0.2, 0) is 9.59 Å². The molecule has 0 aromatic carbocycles. The van der Waals surface area contributed by atoms with Crippen LogP contribution in [0.15, 0.2) is 11.6 Å². The van der Waals surface area contributed by atoms with Gasteiger partial charge in [0.1, 0.15) is 12.6 Å². The Labute approximate surface area is 156 Å². The molecule has 1 atom stereocenters. The first-order valence-corrected chi connectivity index (χ1v) is 9.67. The first-order valence-electron chi connectivity index (χ1n) is 9.26. The second-order valence-corrected chi connectivity index (χ2v) is 7.03. The number of piperazine rings is 1. The Morgan fingerprint density at radius 2 is 2.08 bits per heavy atom. The number of carbonyl (C=O) groups excluding carboxylic acids is 2. The molecule has 0 aliphatic carbocycles. The number of hydrogen-bond acceptors (Lipinski definition) is 4. The van der Waals surface area contributed by atoms with Crippen LogP contribution in [-0.4, -0.2) is 77.4 Å². The lowest BCUT2D eigenvalue weighted by Gasteiger charge is -2.41. The van der Waals surface area contributed by atoms with Crippen LogP contribution >= 0.6 is 12.2 Å². The predicted molar refractivity (Wildman–Crippen MR) is 103 cm³/mol. The van der Waals surface area contributed by atoms with E-state index in [0.29, 0.717) is 11.7 Å². The third kappa shape index (κ3) is 4.58. The van der Waals surface area contributed by atoms with Crippen molar-refractivity contribution in [3.8, 4) is 0 Å². The SMILES string of the molecule is CCCCCCN(CC)C(=S)N1CC(=O)N(C)C(C2=CCNC2)C1=O. The molecule has 2 aliphatic rings. The summed E-state index contributed by atoms with van der Waals surface area (Å²) in [4.78, 5) is 30.6. The molecule has 25 heavy (non-hydrogen) atoms. The second-order valence-electron chi connectivity index (χ2n) is 6.66. The van der Waals surface area contributed by atoms with Gasteiger partial charge in [0.25, 0.3) is 5.91 Å². The Morgan fingerprint density at radius 1 is 1.32 bits per heavy atom. The molecule has 0 saturated carbocycles. The van der Waals surface area contributed by atoms with Gasteiger partial charge in [-0.05, 0) is 31.1 Å². The maximum absolute atomic E-state index is 13.1. The minimum Gasteiger partial charge on any atom is -0.349 e. The highest BCUT2D eigenvalue weighted by molar-refractivity contribution is 7.80. The van der Waals surface area contributed by atoms with Gasteiger partial charge in [0.15, 0.2) is 5.11 Å². The van der Waals surface area contributed by atoms with E-state index in [2.05, 4.69) is 12.2 Å². The maximum Gasteiger partial charge on any atom is 0.256 e. The van der Waals surface area contributed by atoms with Crippen LogP contribution in [0.1, 0.15) is 39.5 Å². The van der Waals surface area contributed by atoms with Gasteiger partial charge < -0.3 is 15.1 Å². The van der Waals surface area contributed by atoms with Crippen LogP contribution in [0, 0.1) is 0 Å². The van der Waals surface area contributed by atoms with E-state index >= 15 is 0 Å². The monoisotopic (exact) mass is 366 g/mol. The van der Waals surface area contributed by atoms with Crippen molar-refractivity contribution in [1.29, 1.82) is 0 Å². The number of nitrogens with one attached hydrogen (secondary N) is 1. The lowest BCUT2D eigenvalue weighted by molar-refractivity contribution is -0.149. The minimum atomic E-state index is -0.534. The highest BCUT2D eigenvalue weighted by Crippen LogP contribution is 2.21. The van der Waals surface area contributed by atoms with E-state index in [1.165, 1.54) is 17.7 Å². The fraction of sp³-hybridized carbons (Fsp3) is 0.722. The predicted octanol–water partition coefficient (Wildman–Crippen LogP) is 1.37. The van der Waals surface area contributed by atoms with Gasteiger partial charge in [0, 0.05) is 33.2 Å². The standard InChI is InChI=1S/C18H30N4O2S/c1-4-6-7-8-11-21(5-2)18(25)22-13-15(23)20(3)16(17(22)24)14-9-10-19-12-14/h9,16,19H,4-8,10-13H2,1-3H3. The molecular formula is C18H30N4O2S. The number of rotatable bonds is 7. The van der Waals surface area contributed by atoms with Crippen molar-refractivity contribution >= 4 is 29.1 Å². The van der Waals surface area contributed by atoms with Crippen molar-refractivity contribution < 1.29 is 9.59 Å². The van der Waals surface area contributed by atoms with Crippen molar-refractivity contribution in [2.75, 3.05) is 39.8 Å². The van der Waals surface area contributed by atoms with Crippen LogP contribution in [0.4, 0.5) is 0 Å². The first-order chi connectivity index (χ1) is 12.0. The molecule has 1 unspecified atom stereocenters. The molecule has 2 aliphatic heterocycles. The van der Waals surface area contributed by atoms with Crippen molar-refractivity contribution in [2.24, 2.45) is 0 Å². The van der Waals surface area contributed by atoms with Gasteiger partial charge in [-0.25, -0.2) is 0 Å². The van der Waals surface area contributed by atoms with E-state index in [0.717, 1.165) is 38.0 Å². The van der Waals surface area contributed by atoms with Gasteiger partial charge in [-0.1, -0.05) is 32.3 Å². The van der Waals surface area contributed by atoms with Gasteiger partial charge in [-0.15, -0.1) is 0 Å². The Balaban J connectivity index is 2.09. The van der Waals surface area contributed by atoms with E-state index in [4.69, 9.17) is 12.2 Å². The first kappa shape index (κ1) is 19.8. The second kappa shape index (κ2) is 9.29. The molecule has 1 N–H and O–H groups in total. The minimum absolute atomic E-state index is 0.0385. The molecule has 2 rings (SSSR count). The Kier molecular flexibility index (Phi) is 7.38. The van der Waals surface area contributed by atoms with Crippen LogP contribution in [0.2, 0.25) is 0 Å². The quantitative estimate of drug-likeness (QED) is 0.419. The number of unbranched alkanes of at least 4 members (excludes halogenated alkanes) is 3. The molecule has 1 fully saturated rings. The topological polar surface area (TPSA) is 55.9 Å². The van der Waals surface area contributed by atoms with E-state index in [1.54, 1.807) is 11.9 Å². The summed E-state index contributed by atoms with van der Waals surface area (Å²) in [7, 11) is 1.70. The van der Waals surface area contributed by atoms with Gasteiger partial charge in [0.2, 0.25) is 5.91 Å². The number of hydrogen-bond donors (Lipinski definition) is 1. The molecule has 0 aromatic heterocycles. The molecule has 0 spiro atoms. The van der Waals surface area contributed by atoms with E-state index < -0.39 is 6.04 Å². The van der Waals surface area contributed by atoms with Crippen LogP contribution < -0.4 is 5.32 Å². The fourth-order valence-corrected chi connectivity index (χ4v) is 3.72. The van der Waals surface area contributed by atoms with Crippen molar-refractivity contribution in [1.82, 2.24) is 20.0 Å². The van der Waals surface area contributed by atoms with Gasteiger partial charge in [0.05, 0.1) is 0 Å². The fourth-order valence-electron chi connectivity index (χ4n) is 3.34. The highest BCUT2D eigenvalue weighted by Gasteiger charge is 2.42. The maximum atomic E-state index is 13.1. The summed E-state index contributed by atoms with van der Waals surface area (Å²) in [6.07, 6.45) is 6.61. The summed E-state index contributed by atoms with van der Waals surface area (Å²) in [5.74, 6) is -0.157. The smallest absolute Gasteiger partial charge is 0.256 e. The summed E-state index contributed by atoms with van der Waals surface area (Å²) in [5.41, 5.74) is 0.958. The molecule has 0 bridgehead atoms. The molecule has 7 heteroatoms. The Bertz CT molecular complexity index is 549. The molecule has 0 aromatic rings. The number of thiocarbonyl (C=S) groups is 1. The van der Waals surface area contributed by atoms with Crippen LogP contribution in [0.25, 0.3) is 0 Å². The number of nitrogens with zero attached hydrogens (tertiary/aromatic N) is 3. The summed E-state index contributed by atoms with van der Waals surface area (Å²) in [6, 6.07) is -0.534. The average molecular weight is 367 g/mol. The molecule has 1 saturated heterocycles. The largest absolute Gasteiger partial charge is 0.349 e. The van der Waals surface area contributed by atoms with Crippen molar-refractivity contribution in [3.63, 3.8) is 0 Å². The van der Waals surface area contributed by atoms with E-state index in [-0.39, 0.29) is 18.4 Å². The number of likely N-dealkylation sites (N-methyl/N-ethyl adjacent to an activating group) is 1. The number of amides is 2. The zero-order valence-corrected chi connectivity index (χ0v) is 16.4. The Morgan fingerprint density at radius 3 is 2.68 bits per heavy atom. The number of carbonyl (C=O) groups is 2. The molecule has 140 valence electrons. The van der Waals surface area contributed by atoms with Gasteiger partial charge >= 0.3 is 0 Å². The normalized spacial score (nSPS) is 20.9. The van der Waals surface area contributed by atoms with Gasteiger partial charge in [-0.2, -0.15) is 0 Å². The molecule has 2 heterocycles. The zero-order valence-electron chi connectivity index (χ0n) is 15.6. The molecule has 2 amide bonds. The van der Waals surface area contributed by atoms with Crippen LogP contribution in [0.5, 0.6) is 0 Å². The molecular weight excluding hydrogens is 336 g/mol. The lowest BCUT2D eigenvalue weighted by atomic mass is 10.0.